The summed E-state index contributed by atoms with van der Waals surface area (Å²) in [6.07, 6.45) is 5.99. The predicted octanol–water partition coefficient (Wildman–Crippen LogP) is 7.91. The van der Waals surface area contributed by atoms with Crippen LogP contribution in [-0.2, 0) is 25.5 Å². The van der Waals surface area contributed by atoms with E-state index in [0.717, 1.165) is 55.9 Å². The molecule has 3 aromatic carbocycles. The number of thiazole rings is 1. The van der Waals surface area contributed by atoms with Gasteiger partial charge >= 0.3 is 6.01 Å². The summed E-state index contributed by atoms with van der Waals surface area (Å²) in [5.41, 5.74) is 3.15. The topological polar surface area (TPSA) is 208 Å². The Morgan fingerprint density at radius 3 is 2.38 bits per heavy atom. The summed E-state index contributed by atoms with van der Waals surface area (Å²) in [4.78, 5) is 66.9. The lowest BCUT2D eigenvalue weighted by Crippen LogP contribution is -2.58. The number of likely N-dealkylation sites (tertiary alicyclic amines) is 2. The van der Waals surface area contributed by atoms with Gasteiger partial charge in [-0.3, -0.25) is 19.4 Å². The molecule has 17 nitrogen and oxygen atoms in total. The van der Waals surface area contributed by atoms with Gasteiger partial charge in [0.1, 0.15) is 53.1 Å². The van der Waals surface area contributed by atoms with Crippen molar-refractivity contribution in [2.24, 2.45) is 10.8 Å². The molecule has 81 heavy (non-hydrogen) atoms. The number of piperidine rings is 1. The number of aliphatic hydroxyl groups excluding tert-OH is 1. The van der Waals surface area contributed by atoms with Crippen LogP contribution in [0.3, 0.4) is 0 Å². The summed E-state index contributed by atoms with van der Waals surface area (Å²) in [7, 11) is 0. The zero-order valence-corrected chi connectivity index (χ0v) is 47.5. The van der Waals surface area contributed by atoms with E-state index >= 15 is 13.2 Å². The fraction of sp³-hybridized carbons (Fsp3) is 0.517. The molecule has 21 heteroatoms. The summed E-state index contributed by atoms with van der Waals surface area (Å²) in [5.74, 6) is -2.71. The number of nitrogens with one attached hydrogen (secondary N) is 3. The Bertz CT molecular complexity index is 3370. The van der Waals surface area contributed by atoms with E-state index in [1.165, 1.54) is 40.5 Å². The molecule has 1 aliphatic carbocycles. The van der Waals surface area contributed by atoms with Crippen molar-refractivity contribution in [3.8, 4) is 33.5 Å². The summed E-state index contributed by atoms with van der Waals surface area (Å²) in [5, 5.41) is 32.4. The monoisotopic (exact) mass is 1130 g/mol. The van der Waals surface area contributed by atoms with E-state index in [4.69, 9.17) is 19.4 Å². The van der Waals surface area contributed by atoms with Crippen LogP contribution in [0.5, 0.6) is 11.8 Å². The molecule has 4 saturated heterocycles. The molecule has 11 rings (SSSR count). The first-order valence-corrected chi connectivity index (χ1v) is 29.2. The second-order valence-corrected chi connectivity index (χ2v) is 25.0. The number of aromatic hydroxyl groups is 1. The third-order valence-electron chi connectivity index (χ3n) is 17.0. The number of anilines is 1. The highest BCUT2D eigenvalue weighted by Crippen LogP contribution is 2.47. The number of hydrogen-bond donors (Lipinski definition) is 5. The number of pyridine rings is 1. The lowest BCUT2D eigenvalue weighted by atomic mass is 9.85. The number of carbonyl (C=O) groups excluding carboxylic acids is 3. The molecule has 6 aromatic rings. The van der Waals surface area contributed by atoms with Gasteiger partial charge in [0.05, 0.1) is 46.3 Å². The number of phenolic OH excluding ortho intramolecular Hbond substituents is 1. The Morgan fingerprint density at radius 2 is 1.70 bits per heavy atom. The molecule has 5 aliphatic rings. The lowest BCUT2D eigenvalue weighted by molar-refractivity contribution is -0.145. The molecule has 4 aliphatic heterocycles. The molecular weight excluding hydrogens is 1060 g/mol. The first kappa shape index (κ1) is 56.3. The van der Waals surface area contributed by atoms with Gasteiger partial charge in [-0.1, -0.05) is 45.9 Å². The number of phenols is 1. The summed E-state index contributed by atoms with van der Waals surface area (Å²) >= 11 is 1.41. The van der Waals surface area contributed by atoms with Crippen molar-refractivity contribution >= 4 is 56.6 Å². The molecule has 5 N–H and O–H groups in total. The maximum Gasteiger partial charge on any atom is 0.319 e. The zero-order chi connectivity index (χ0) is 57.1. The third kappa shape index (κ3) is 11.8. The lowest BCUT2D eigenvalue weighted by Gasteiger charge is -2.36. The van der Waals surface area contributed by atoms with Crippen molar-refractivity contribution in [2.45, 2.75) is 135 Å². The number of piperazine rings is 1. The van der Waals surface area contributed by atoms with Crippen molar-refractivity contribution < 1.29 is 47.2 Å². The number of β-amino-alcohol motifs (C(OH)–C–C–N with tert-alkyl or cyclic N) is 1. The molecule has 430 valence electrons. The molecule has 1 saturated carbocycles. The highest BCUT2D eigenvalue weighted by molar-refractivity contribution is 7.13. The Hall–Kier alpha value is -6.52. The van der Waals surface area contributed by atoms with E-state index in [1.54, 1.807) is 36.8 Å². The van der Waals surface area contributed by atoms with Crippen LogP contribution in [0.1, 0.15) is 102 Å². The summed E-state index contributed by atoms with van der Waals surface area (Å²) in [6.45, 7) is 14.3. The summed E-state index contributed by atoms with van der Waals surface area (Å²) in [6, 6.07) is 8.48. The number of aliphatic hydroxyl groups is 1. The minimum Gasteiger partial charge on any atom is -0.508 e. The smallest absolute Gasteiger partial charge is 0.319 e. The van der Waals surface area contributed by atoms with E-state index in [9.17, 15) is 24.6 Å². The van der Waals surface area contributed by atoms with Gasteiger partial charge in [-0.15, -0.1) is 11.3 Å². The van der Waals surface area contributed by atoms with Gasteiger partial charge in [-0.25, -0.2) is 18.2 Å². The first-order chi connectivity index (χ1) is 38.7. The van der Waals surface area contributed by atoms with Crippen molar-refractivity contribution in [2.75, 3.05) is 57.4 Å². The SMILES string of the molecule is CCc1c(F)ccc2cc(O)cc(-c3ncc4c(N5CC6CCC(C5)N6)nc(OCC5(CN6CCC(OCC(=O)N[C@H](C(=O)N7C[C@H](O)C[C@H]7C(=O)N[C@@H](C)c7ccc(-c8scnc8C)cc7F)C(C)(C)C)CC6)CC5)nc4c3F)c12. The maximum atomic E-state index is 17.2. The fourth-order valence-corrected chi connectivity index (χ4v) is 13.3. The third-order valence-corrected chi connectivity index (χ3v) is 18.0. The van der Waals surface area contributed by atoms with E-state index in [2.05, 4.69) is 35.7 Å². The number of halogens is 3. The van der Waals surface area contributed by atoms with Crippen molar-refractivity contribution in [1.82, 2.24) is 45.7 Å². The maximum absolute atomic E-state index is 17.2. The zero-order valence-electron chi connectivity index (χ0n) is 46.7. The van der Waals surface area contributed by atoms with Crippen LogP contribution < -0.4 is 25.6 Å². The van der Waals surface area contributed by atoms with Crippen molar-refractivity contribution in [3.63, 3.8) is 0 Å². The molecule has 0 radical (unpaired) electrons. The average Bonchev–Trinajstić information content (AvgIpc) is 3.87. The molecule has 7 heterocycles. The second-order valence-electron chi connectivity index (χ2n) is 24.1. The van der Waals surface area contributed by atoms with Crippen molar-refractivity contribution in [1.29, 1.82) is 0 Å². The van der Waals surface area contributed by atoms with Crippen LogP contribution in [0.2, 0.25) is 0 Å². The Morgan fingerprint density at radius 1 is 0.951 bits per heavy atom. The van der Waals surface area contributed by atoms with Crippen LogP contribution in [0.25, 0.3) is 43.4 Å². The molecule has 3 aromatic heterocycles. The average molecular weight is 1130 g/mol. The molecule has 3 amide bonds. The van der Waals surface area contributed by atoms with E-state index in [1.807, 2.05) is 34.6 Å². The first-order valence-electron chi connectivity index (χ1n) is 28.3. The van der Waals surface area contributed by atoms with Crippen LogP contribution in [-0.4, -0.2) is 147 Å². The van der Waals surface area contributed by atoms with Gasteiger partial charge in [-0.2, -0.15) is 9.97 Å². The molecule has 6 atom stereocenters. The quantitative estimate of drug-likeness (QED) is 0.0589. The molecule has 0 spiro atoms. The Kier molecular flexibility index (Phi) is 15.8. The fourth-order valence-electron chi connectivity index (χ4n) is 12.5. The highest BCUT2D eigenvalue weighted by Gasteiger charge is 2.47. The molecular formula is C60H71F3N10O7S. The normalized spacial score (nSPS) is 21.9. The van der Waals surface area contributed by atoms with Gasteiger partial charge in [0, 0.05) is 80.5 Å². The van der Waals surface area contributed by atoms with Gasteiger partial charge < -0.3 is 50.3 Å². The number of amides is 3. The van der Waals surface area contributed by atoms with E-state index in [-0.39, 0.29) is 77.3 Å². The number of ether oxygens (including phenoxy) is 2. The van der Waals surface area contributed by atoms with Gasteiger partial charge in [0.15, 0.2) is 5.82 Å². The number of benzene rings is 3. The number of rotatable bonds is 17. The number of aromatic nitrogens is 4. The number of carbonyl (C=O) groups is 3. The standard InChI is InChI=1S/C60H71F3N10O7S/c1-7-41-45(61)13-9-34-20-38(74)22-43(49(34)41)51-50(63)52-44(24-64-51)55(72-25-36-10-11-37(26-72)67-36)70-58(69-52)80-30-60(16-17-60)29-71-18-14-40(15-19-71)79-28-48(76)68-54(59(4,5)6)57(78)73-27-39(75)23-47(73)56(77)66-32(2)42-12-8-35(21-46(42)62)53-33(3)65-31-81-53/h8-9,12-13,20-22,24,31-32,36-37,39-40,47,54,67,74-75H,7,10-11,14-19,23,25-30H2,1-6H3,(H,66,77)(H,68,76)/t32-,36?,37?,39+,47-,54+/m0/s1. The van der Waals surface area contributed by atoms with Crippen LogP contribution >= 0.6 is 11.3 Å². The Labute approximate surface area is 473 Å². The minimum atomic E-state index is -1.05. The minimum absolute atomic E-state index is 0.0124. The number of hydrogen-bond acceptors (Lipinski definition) is 15. The second kappa shape index (κ2) is 22.7. The molecule has 2 bridgehead atoms. The molecule has 2 unspecified atom stereocenters. The number of aryl methyl sites for hydroxylation is 2. The Balaban J connectivity index is 0.705. The van der Waals surface area contributed by atoms with Crippen LogP contribution in [0, 0.1) is 35.2 Å². The summed E-state index contributed by atoms with van der Waals surface area (Å²) < 4.78 is 60.6. The van der Waals surface area contributed by atoms with Gasteiger partial charge in [0.2, 0.25) is 17.7 Å². The van der Waals surface area contributed by atoms with E-state index in [0.29, 0.717) is 72.1 Å². The highest BCUT2D eigenvalue weighted by atomic mass is 32.1. The largest absolute Gasteiger partial charge is 0.508 e. The molecule has 5 fully saturated rings. The van der Waals surface area contributed by atoms with Gasteiger partial charge in [0.25, 0.3) is 0 Å². The number of nitrogens with zero attached hydrogens (tertiary/aromatic N) is 7. The van der Waals surface area contributed by atoms with Gasteiger partial charge in [-0.05, 0) is 110 Å². The predicted molar refractivity (Wildman–Crippen MR) is 302 cm³/mol. The van der Waals surface area contributed by atoms with Crippen LogP contribution in [0.4, 0.5) is 19.0 Å². The van der Waals surface area contributed by atoms with Crippen LogP contribution in [0.15, 0.2) is 54.2 Å². The van der Waals surface area contributed by atoms with E-state index < -0.39 is 64.8 Å². The number of fused-ring (bicyclic) bond motifs is 4. The van der Waals surface area contributed by atoms with Crippen molar-refractivity contribution in [3.05, 3.63) is 88.4 Å².